The highest BCUT2D eigenvalue weighted by atomic mass is 35.5. The molecule has 0 aromatic heterocycles. The van der Waals surface area contributed by atoms with Gasteiger partial charge in [0, 0.05) is 31.1 Å². The fraction of sp³-hybridized carbons (Fsp3) is 0.333. The molecular weight excluding hydrogens is 426 g/mol. The summed E-state index contributed by atoms with van der Waals surface area (Å²) < 4.78 is 27.1. The third-order valence-corrected chi connectivity index (χ3v) is 6.55. The van der Waals surface area contributed by atoms with Crippen LogP contribution in [0.2, 0.25) is 5.02 Å². The molecule has 9 heteroatoms. The molecule has 0 aliphatic carbocycles. The molecule has 1 atom stereocenters. The highest BCUT2D eigenvalue weighted by Gasteiger charge is 2.32. The van der Waals surface area contributed by atoms with Crippen LogP contribution in [0.3, 0.4) is 0 Å². The van der Waals surface area contributed by atoms with E-state index in [0.29, 0.717) is 18.0 Å². The van der Waals surface area contributed by atoms with Crippen molar-refractivity contribution >= 4 is 33.4 Å². The van der Waals surface area contributed by atoms with Crippen LogP contribution in [0.25, 0.3) is 0 Å². The van der Waals surface area contributed by atoms with Crippen molar-refractivity contribution in [1.82, 2.24) is 14.9 Å². The highest BCUT2D eigenvalue weighted by Crippen LogP contribution is 2.25. The number of carbonyl (C=O) groups is 2. The quantitative estimate of drug-likeness (QED) is 0.605. The molecule has 1 aliphatic heterocycles. The predicted octanol–water partition coefficient (Wildman–Crippen LogP) is 2.49. The maximum atomic E-state index is 12.9. The lowest BCUT2D eigenvalue weighted by Crippen LogP contribution is -2.47. The van der Waals surface area contributed by atoms with Gasteiger partial charge in [-0.15, -0.1) is 0 Å². The van der Waals surface area contributed by atoms with Crippen molar-refractivity contribution in [2.24, 2.45) is 0 Å². The van der Waals surface area contributed by atoms with Crippen LogP contribution < -0.4 is 10.0 Å². The Morgan fingerprint density at radius 3 is 2.53 bits per heavy atom. The average Bonchev–Trinajstić information content (AvgIpc) is 2.74. The smallest absolute Gasteiger partial charge is 0.247 e. The summed E-state index contributed by atoms with van der Waals surface area (Å²) in [4.78, 5) is 27.0. The Morgan fingerprint density at radius 2 is 1.83 bits per heavy atom. The van der Waals surface area contributed by atoms with E-state index in [1.54, 1.807) is 17.0 Å². The Hall–Kier alpha value is -2.42. The summed E-state index contributed by atoms with van der Waals surface area (Å²) in [5.41, 5.74) is 0.727. The number of hydrogen-bond donors (Lipinski definition) is 2. The first-order valence-electron chi connectivity index (χ1n) is 9.76. The van der Waals surface area contributed by atoms with E-state index in [1.807, 2.05) is 30.3 Å². The van der Waals surface area contributed by atoms with Crippen molar-refractivity contribution in [3.8, 4) is 0 Å². The molecule has 30 heavy (non-hydrogen) atoms. The van der Waals surface area contributed by atoms with Crippen molar-refractivity contribution < 1.29 is 18.0 Å². The molecule has 2 aromatic rings. The highest BCUT2D eigenvalue weighted by molar-refractivity contribution is 7.89. The molecule has 1 fully saturated rings. The summed E-state index contributed by atoms with van der Waals surface area (Å²) >= 11 is 5.85. The lowest BCUT2D eigenvalue weighted by atomic mass is 10.0. The van der Waals surface area contributed by atoms with E-state index in [-0.39, 0.29) is 29.8 Å². The van der Waals surface area contributed by atoms with E-state index in [0.717, 1.165) is 18.4 Å². The van der Waals surface area contributed by atoms with Gasteiger partial charge in [-0.3, -0.25) is 9.59 Å². The molecule has 2 N–H and O–H groups in total. The number of hydrogen-bond acceptors (Lipinski definition) is 4. The molecule has 1 heterocycles. The maximum Gasteiger partial charge on any atom is 0.247 e. The number of piperidine rings is 1. The molecule has 1 aliphatic rings. The van der Waals surface area contributed by atoms with Crippen LogP contribution in [0.15, 0.2) is 59.5 Å². The number of likely N-dealkylation sites (tertiary alicyclic amines) is 1. The zero-order chi connectivity index (χ0) is 21.6. The van der Waals surface area contributed by atoms with Crippen molar-refractivity contribution in [2.45, 2.75) is 30.2 Å². The Kier molecular flexibility index (Phi) is 7.47. The average molecular weight is 450 g/mol. The largest absolute Gasteiger partial charge is 0.353 e. The second-order valence-corrected chi connectivity index (χ2v) is 9.21. The van der Waals surface area contributed by atoms with Crippen LogP contribution in [0, 0.1) is 0 Å². The molecule has 1 unspecified atom stereocenters. The van der Waals surface area contributed by atoms with Gasteiger partial charge in [0.1, 0.15) is 6.04 Å². The molecule has 0 bridgehead atoms. The molecule has 160 valence electrons. The minimum Gasteiger partial charge on any atom is -0.353 e. The maximum absolute atomic E-state index is 12.9. The van der Waals surface area contributed by atoms with Gasteiger partial charge < -0.3 is 10.2 Å². The molecule has 3 rings (SSSR count). The number of nitrogens with zero attached hydrogens (tertiary/aromatic N) is 1. The summed E-state index contributed by atoms with van der Waals surface area (Å²) in [7, 11) is -3.73. The topological polar surface area (TPSA) is 95.6 Å². The molecule has 2 amide bonds. The molecule has 0 radical (unpaired) electrons. The van der Waals surface area contributed by atoms with Crippen molar-refractivity contribution in [3.63, 3.8) is 0 Å². The number of amides is 2. The van der Waals surface area contributed by atoms with Gasteiger partial charge in [0.25, 0.3) is 0 Å². The SMILES string of the molecule is O=C(NCCNS(=O)(=O)c1cccc(Cl)c1)C(c1ccccc1)N1CCCCC1=O. The van der Waals surface area contributed by atoms with E-state index < -0.39 is 16.1 Å². The van der Waals surface area contributed by atoms with Gasteiger partial charge in [0.2, 0.25) is 21.8 Å². The minimum absolute atomic E-state index is 0.00996. The first-order chi connectivity index (χ1) is 14.4. The van der Waals surface area contributed by atoms with Gasteiger partial charge in [0.15, 0.2) is 0 Å². The number of carbonyl (C=O) groups excluding carboxylic acids is 2. The standard InChI is InChI=1S/C21H24ClN3O4S/c22-17-9-6-10-18(15-17)30(28,29)24-13-12-23-21(27)20(16-7-2-1-3-8-16)25-14-5-4-11-19(25)26/h1-3,6-10,15,20,24H,4-5,11-14H2,(H,23,27). The van der Waals surface area contributed by atoms with Crippen LogP contribution in [-0.2, 0) is 19.6 Å². The Labute approximate surface area is 181 Å². The molecule has 2 aromatic carbocycles. The van der Waals surface area contributed by atoms with Gasteiger partial charge in [-0.2, -0.15) is 0 Å². The monoisotopic (exact) mass is 449 g/mol. The fourth-order valence-electron chi connectivity index (χ4n) is 3.39. The lowest BCUT2D eigenvalue weighted by molar-refractivity contribution is -0.142. The predicted molar refractivity (Wildman–Crippen MR) is 114 cm³/mol. The zero-order valence-electron chi connectivity index (χ0n) is 16.4. The van der Waals surface area contributed by atoms with Gasteiger partial charge in [-0.05, 0) is 36.6 Å². The number of sulfonamides is 1. The van der Waals surface area contributed by atoms with Crippen LogP contribution in [0.4, 0.5) is 0 Å². The fourth-order valence-corrected chi connectivity index (χ4v) is 4.73. The van der Waals surface area contributed by atoms with Crippen molar-refractivity contribution in [1.29, 1.82) is 0 Å². The summed E-state index contributed by atoms with van der Waals surface area (Å²) in [6, 6.07) is 14.3. The first kappa shape index (κ1) is 22.3. The van der Waals surface area contributed by atoms with E-state index in [2.05, 4.69) is 10.0 Å². The van der Waals surface area contributed by atoms with E-state index >= 15 is 0 Å². The zero-order valence-corrected chi connectivity index (χ0v) is 18.0. The first-order valence-corrected chi connectivity index (χ1v) is 11.6. The number of benzene rings is 2. The normalized spacial score (nSPS) is 15.6. The van der Waals surface area contributed by atoms with E-state index in [4.69, 9.17) is 11.6 Å². The summed E-state index contributed by atoms with van der Waals surface area (Å²) in [5.74, 6) is -0.384. The lowest BCUT2D eigenvalue weighted by Gasteiger charge is -2.34. The van der Waals surface area contributed by atoms with Crippen LogP contribution in [0.1, 0.15) is 30.9 Å². The third-order valence-electron chi connectivity index (χ3n) is 4.86. The van der Waals surface area contributed by atoms with Gasteiger partial charge in [-0.1, -0.05) is 48.0 Å². The Morgan fingerprint density at radius 1 is 1.07 bits per heavy atom. The second kappa shape index (κ2) is 10.1. The summed E-state index contributed by atoms with van der Waals surface area (Å²) in [6.07, 6.45) is 2.10. The van der Waals surface area contributed by atoms with Crippen LogP contribution in [0.5, 0.6) is 0 Å². The number of halogens is 1. The number of rotatable bonds is 8. The third kappa shape index (κ3) is 5.59. The van der Waals surface area contributed by atoms with Crippen LogP contribution in [-0.4, -0.2) is 44.8 Å². The van der Waals surface area contributed by atoms with Crippen molar-refractivity contribution in [2.75, 3.05) is 19.6 Å². The summed E-state index contributed by atoms with van der Waals surface area (Å²) in [5, 5.41) is 3.07. The van der Waals surface area contributed by atoms with Crippen LogP contribution >= 0.6 is 11.6 Å². The van der Waals surface area contributed by atoms with Gasteiger partial charge in [-0.25, -0.2) is 13.1 Å². The molecule has 1 saturated heterocycles. The molecule has 7 nitrogen and oxygen atoms in total. The molecular formula is C21H24ClN3O4S. The van der Waals surface area contributed by atoms with E-state index in [1.165, 1.54) is 12.1 Å². The van der Waals surface area contributed by atoms with Gasteiger partial charge >= 0.3 is 0 Å². The Bertz CT molecular complexity index is 998. The van der Waals surface area contributed by atoms with Gasteiger partial charge in [0.05, 0.1) is 4.90 Å². The number of nitrogens with one attached hydrogen (secondary N) is 2. The van der Waals surface area contributed by atoms with E-state index in [9.17, 15) is 18.0 Å². The van der Waals surface area contributed by atoms with Crippen molar-refractivity contribution in [3.05, 3.63) is 65.2 Å². The Balaban J connectivity index is 1.63. The second-order valence-electron chi connectivity index (χ2n) is 7.00. The minimum atomic E-state index is -3.73. The summed E-state index contributed by atoms with van der Waals surface area (Å²) in [6.45, 7) is 0.618. The molecule has 0 spiro atoms. The molecule has 0 saturated carbocycles.